The molecule has 1 atom stereocenters. The summed E-state index contributed by atoms with van der Waals surface area (Å²) >= 11 is 0. The number of amides is 1. The number of para-hydroxylation sites is 1. The smallest absolute Gasteiger partial charge is 0.326 e. The van der Waals surface area contributed by atoms with E-state index in [1.165, 1.54) is 13.2 Å². The second kappa shape index (κ2) is 7.20. The lowest BCUT2D eigenvalue weighted by Gasteiger charge is -2.13. The fourth-order valence-corrected chi connectivity index (χ4v) is 1.66. The van der Waals surface area contributed by atoms with Gasteiger partial charge in [0.25, 0.3) is 0 Å². The number of nitrogens with one attached hydrogen (secondary N) is 1. The first-order chi connectivity index (χ1) is 9.08. The molecule has 0 bridgehead atoms. The molecule has 0 aliphatic carbocycles. The van der Waals surface area contributed by atoms with Gasteiger partial charge in [-0.2, -0.15) is 0 Å². The van der Waals surface area contributed by atoms with E-state index >= 15 is 0 Å². The van der Waals surface area contributed by atoms with Gasteiger partial charge in [-0.1, -0.05) is 24.3 Å². The number of methoxy groups -OCH3 is 1. The van der Waals surface area contributed by atoms with E-state index in [9.17, 15) is 9.59 Å². The molecule has 1 aromatic rings. The monoisotopic (exact) mass is 263 g/mol. The lowest BCUT2D eigenvalue weighted by Crippen LogP contribution is -2.41. The number of carbonyl (C=O) groups is 2. The van der Waals surface area contributed by atoms with E-state index in [4.69, 9.17) is 9.84 Å². The van der Waals surface area contributed by atoms with Gasteiger partial charge in [-0.25, -0.2) is 4.79 Å². The van der Waals surface area contributed by atoms with Crippen LogP contribution in [0.4, 0.5) is 0 Å². The van der Waals surface area contributed by atoms with Gasteiger partial charge < -0.3 is 15.2 Å². The number of rotatable bonds is 7. The standard InChI is InChI=1S/C14H17NO4/c1-3-6-11(14(17)18)15-13(16)9-10-7-4-5-8-12(10)19-2/h3-5,7-8,11H,1,6,9H2,2H3,(H,15,16)(H,17,18). The third-order valence-electron chi connectivity index (χ3n) is 2.58. The van der Waals surface area contributed by atoms with E-state index in [0.717, 1.165) is 0 Å². The Morgan fingerprint density at radius 3 is 2.74 bits per heavy atom. The molecule has 19 heavy (non-hydrogen) atoms. The summed E-state index contributed by atoms with van der Waals surface area (Å²) < 4.78 is 5.13. The minimum absolute atomic E-state index is 0.0743. The van der Waals surface area contributed by atoms with Crippen LogP contribution < -0.4 is 10.1 Å². The Bertz CT molecular complexity index is 470. The SMILES string of the molecule is C=CCC(NC(=O)Cc1ccccc1OC)C(=O)O. The average Bonchev–Trinajstić information content (AvgIpc) is 2.38. The summed E-state index contributed by atoms with van der Waals surface area (Å²) in [6.45, 7) is 3.47. The molecule has 1 unspecified atom stereocenters. The minimum Gasteiger partial charge on any atom is -0.496 e. The number of carbonyl (C=O) groups excluding carboxylic acids is 1. The van der Waals surface area contributed by atoms with Crippen LogP contribution in [0, 0.1) is 0 Å². The number of hydrogen-bond acceptors (Lipinski definition) is 3. The van der Waals surface area contributed by atoms with Crippen molar-refractivity contribution in [1.29, 1.82) is 0 Å². The summed E-state index contributed by atoms with van der Waals surface area (Å²) in [5.74, 6) is -0.833. The van der Waals surface area contributed by atoms with Gasteiger partial charge in [0.2, 0.25) is 5.91 Å². The second-order valence-corrected chi connectivity index (χ2v) is 3.97. The van der Waals surface area contributed by atoms with Crippen molar-refractivity contribution in [2.45, 2.75) is 18.9 Å². The molecule has 0 saturated heterocycles. The molecule has 5 nitrogen and oxygen atoms in total. The topological polar surface area (TPSA) is 75.6 Å². The van der Waals surface area contributed by atoms with Gasteiger partial charge in [0.15, 0.2) is 0 Å². The van der Waals surface area contributed by atoms with Gasteiger partial charge in [-0.05, 0) is 12.5 Å². The number of ether oxygens (including phenoxy) is 1. The summed E-state index contributed by atoms with van der Waals surface area (Å²) in [5, 5.41) is 11.4. The van der Waals surface area contributed by atoms with E-state index in [2.05, 4.69) is 11.9 Å². The molecule has 0 heterocycles. The Morgan fingerprint density at radius 1 is 1.47 bits per heavy atom. The van der Waals surface area contributed by atoms with E-state index in [1.54, 1.807) is 24.3 Å². The Balaban J connectivity index is 2.68. The number of aliphatic carboxylic acids is 1. The summed E-state index contributed by atoms with van der Waals surface area (Å²) in [6.07, 6.45) is 1.72. The van der Waals surface area contributed by atoms with Crippen LogP contribution in [0.2, 0.25) is 0 Å². The molecule has 0 saturated carbocycles. The molecular weight excluding hydrogens is 246 g/mol. The third kappa shape index (κ3) is 4.46. The Kier molecular flexibility index (Phi) is 5.60. The Hall–Kier alpha value is -2.30. The van der Waals surface area contributed by atoms with Crippen molar-refractivity contribution < 1.29 is 19.4 Å². The number of carboxylic acid groups (broad SMARTS) is 1. The zero-order chi connectivity index (χ0) is 14.3. The van der Waals surface area contributed by atoms with Crippen LogP contribution in [0.1, 0.15) is 12.0 Å². The molecule has 102 valence electrons. The number of carboxylic acids is 1. The van der Waals surface area contributed by atoms with Crippen LogP contribution in [-0.2, 0) is 16.0 Å². The summed E-state index contributed by atoms with van der Waals surface area (Å²) in [5.41, 5.74) is 0.713. The zero-order valence-electron chi connectivity index (χ0n) is 10.8. The maximum Gasteiger partial charge on any atom is 0.326 e. The van der Waals surface area contributed by atoms with Gasteiger partial charge >= 0.3 is 5.97 Å². The molecule has 2 N–H and O–H groups in total. The van der Waals surface area contributed by atoms with E-state index in [1.807, 2.05) is 0 Å². The third-order valence-corrected chi connectivity index (χ3v) is 2.58. The Morgan fingerprint density at radius 2 is 2.16 bits per heavy atom. The molecule has 1 amide bonds. The van der Waals surface area contributed by atoms with Crippen molar-refractivity contribution in [3.8, 4) is 5.75 Å². The molecule has 0 fully saturated rings. The first kappa shape index (κ1) is 14.8. The quantitative estimate of drug-likeness (QED) is 0.729. The molecule has 0 spiro atoms. The lowest BCUT2D eigenvalue weighted by molar-refractivity contribution is -0.141. The second-order valence-electron chi connectivity index (χ2n) is 3.97. The maximum atomic E-state index is 11.8. The fraction of sp³-hybridized carbons (Fsp3) is 0.286. The van der Waals surface area contributed by atoms with Crippen molar-refractivity contribution in [3.05, 3.63) is 42.5 Å². The van der Waals surface area contributed by atoms with Crippen LogP contribution in [0.5, 0.6) is 5.75 Å². The van der Waals surface area contributed by atoms with Crippen molar-refractivity contribution in [2.24, 2.45) is 0 Å². The Labute approximate surface area is 111 Å². The number of hydrogen-bond donors (Lipinski definition) is 2. The summed E-state index contributed by atoms with van der Waals surface area (Å²) in [4.78, 5) is 22.7. The van der Waals surface area contributed by atoms with Gasteiger partial charge in [0, 0.05) is 5.56 Å². The normalized spacial score (nSPS) is 11.4. The molecule has 1 rings (SSSR count). The van der Waals surface area contributed by atoms with Crippen molar-refractivity contribution >= 4 is 11.9 Å². The fourth-order valence-electron chi connectivity index (χ4n) is 1.66. The first-order valence-corrected chi connectivity index (χ1v) is 5.83. The maximum absolute atomic E-state index is 11.8. The molecule has 1 aromatic carbocycles. The number of benzene rings is 1. The summed E-state index contributed by atoms with van der Waals surface area (Å²) in [6, 6.07) is 6.17. The first-order valence-electron chi connectivity index (χ1n) is 5.83. The molecule has 0 radical (unpaired) electrons. The van der Waals surface area contributed by atoms with Gasteiger partial charge in [-0.3, -0.25) is 4.79 Å². The lowest BCUT2D eigenvalue weighted by atomic mass is 10.1. The largest absolute Gasteiger partial charge is 0.496 e. The molecule has 5 heteroatoms. The van der Waals surface area contributed by atoms with Gasteiger partial charge in [-0.15, -0.1) is 6.58 Å². The van der Waals surface area contributed by atoms with Crippen LogP contribution in [0.25, 0.3) is 0 Å². The predicted octanol–water partition coefficient (Wildman–Crippen LogP) is 1.38. The molecule has 0 aliphatic rings. The van der Waals surface area contributed by atoms with Crippen molar-refractivity contribution in [1.82, 2.24) is 5.32 Å². The van der Waals surface area contributed by atoms with Gasteiger partial charge in [0.05, 0.1) is 13.5 Å². The summed E-state index contributed by atoms with van der Waals surface area (Å²) in [7, 11) is 1.52. The van der Waals surface area contributed by atoms with E-state index in [-0.39, 0.29) is 18.7 Å². The van der Waals surface area contributed by atoms with E-state index < -0.39 is 12.0 Å². The molecular formula is C14H17NO4. The average molecular weight is 263 g/mol. The highest BCUT2D eigenvalue weighted by Crippen LogP contribution is 2.17. The van der Waals surface area contributed by atoms with Crippen molar-refractivity contribution in [2.75, 3.05) is 7.11 Å². The molecule has 0 aliphatic heterocycles. The van der Waals surface area contributed by atoms with Crippen LogP contribution >= 0.6 is 0 Å². The zero-order valence-corrected chi connectivity index (χ0v) is 10.8. The van der Waals surface area contributed by atoms with Crippen LogP contribution in [0.15, 0.2) is 36.9 Å². The van der Waals surface area contributed by atoms with E-state index in [0.29, 0.717) is 11.3 Å². The highest BCUT2D eigenvalue weighted by Gasteiger charge is 2.18. The molecule has 0 aromatic heterocycles. The minimum atomic E-state index is -1.08. The predicted molar refractivity (Wildman–Crippen MR) is 71.1 cm³/mol. The van der Waals surface area contributed by atoms with Crippen LogP contribution in [0.3, 0.4) is 0 Å². The highest BCUT2D eigenvalue weighted by atomic mass is 16.5. The van der Waals surface area contributed by atoms with Gasteiger partial charge in [0.1, 0.15) is 11.8 Å². The highest BCUT2D eigenvalue weighted by molar-refractivity contribution is 5.85. The van der Waals surface area contributed by atoms with Crippen LogP contribution in [-0.4, -0.2) is 30.1 Å². The van der Waals surface area contributed by atoms with Crippen molar-refractivity contribution in [3.63, 3.8) is 0 Å².